The Labute approximate surface area is 113 Å². The van der Waals surface area contributed by atoms with Gasteiger partial charge in [0, 0.05) is 29.9 Å². The summed E-state index contributed by atoms with van der Waals surface area (Å²) in [5.41, 5.74) is 0. The molecule has 2 rings (SSSR count). The molecule has 1 heterocycles. The van der Waals surface area contributed by atoms with Gasteiger partial charge in [-0.15, -0.1) is 11.3 Å². The maximum atomic E-state index is 11.6. The maximum absolute atomic E-state index is 11.6. The smallest absolute Gasteiger partial charge is 0.150 e. The summed E-state index contributed by atoms with van der Waals surface area (Å²) in [7, 11) is -2.89. The van der Waals surface area contributed by atoms with E-state index in [-0.39, 0.29) is 5.25 Å². The Morgan fingerprint density at radius 3 is 2.89 bits per heavy atom. The van der Waals surface area contributed by atoms with Gasteiger partial charge in [0.25, 0.3) is 0 Å². The minimum Gasteiger partial charge on any atom is -0.308 e. The number of nitrogens with one attached hydrogen (secondary N) is 1. The van der Waals surface area contributed by atoms with Gasteiger partial charge in [-0.25, -0.2) is 13.4 Å². The summed E-state index contributed by atoms with van der Waals surface area (Å²) in [5, 5.41) is 4.35. The van der Waals surface area contributed by atoms with Crippen LogP contribution in [0.2, 0.25) is 0 Å². The molecule has 1 aromatic rings. The van der Waals surface area contributed by atoms with Crippen LogP contribution in [0.1, 0.15) is 35.6 Å². The molecule has 1 aliphatic carbocycles. The third kappa shape index (κ3) is 3.76. The van der Waals surface area contributed by atoms with Crippen LogP contribution in [-0.4, -0.2) is 30.9 Å². The summed E-state index contributed by atoms with van der Waals surface area (Å²) in [6, 6.07) is 0.308. The first-order valence-corrected chi connectivity index (χ1v) is 9.06. The fourth-order valence-electron chi connectivity index (χ4n) is 2.43. The van der Waals surface area contributed by atoms with Crippen LogP contribution in [0.15, 0.2) is 6.20 Å². The Bertz CT molecular complexity index is 496. The van der Waals surface area contributed by atoms with E-state index in [0.717, 1.165) is 37.2 Å². The van der Waals surface area contributed by atoms with E-state index < -0.39 is 9.84 Å². The molecule has 1 N–H and O–H groups in total. The lowest BCUT2D eigenvalue weighted by Gasteiger charge is -2.28. The van der Waals surface area contributed by atoms with Crippen LogP contribution in [0.25, 0.3) is 0 Å². The highest BCUT2D eigenvalue weighted by atomic mass is 32.2. The second-order valence-corrected chi connectivity index (χ2v) is 8.71. The van der Waals surface area contributed by atoms with Gasteiger partial charge in [0.15, 0.2) is 0 Å². The van der Waals surface area contributed by atoms with E-state index in [1.807, 2.05) is 13.1 Å². The first-order chi connectivity index (χ1) is 8.45. The minimum absolute atomic E-state index is 0.165. The molecule has 6 heteroatoms. The van der Waals surface area contributed by atoms with Crippen molar-refractivity contribution in [3.8, 4) is 0 Å². The van der Waals surface area contributed by atoms with Crippen molar-refractivity contribution in [2.24, 2.45) is 0 Å². The number of sulfone groups is 1. The lowest BCUT2D eigenvalue weighted by Crippen LogP contribution is -2.38. The van der Waals surface area contributed by atoms with E-state index in [1.54, 1.807) is 11.3 Å². The molecule has 1 fully saturated rings. The van der Waals surface area contributed by atoms with E-state index in [4.69, 9.17) is 0 Å². The summed E-state index contributed by atoms with van der Waals surface area (Å²) in [4.78, 5) is 5.52. The summed E-state index contributed by atoms with van der Waals surface area (Å²) in [5.74, 6) is 0. The van der Waals surface area contributed by atoms with Crippen LogP contribution in [0, 0.1) is 6.92 Å². The normalized spacial score (nSPS) is 25.2. The van der Waals surface area contributed by atoms with Crippen molar-refractivity contribution in [3.05, 3.63) is 16.1 Å². The standard InChI is InChI=1S/C12H20N2O2S2/c1-9-7-14-12(17-9)8-13-10-4-3-5-11(6-10)18(2,15)16/h7,10-11,13H,3-6,8H2,1-2H3/t10-,11-/m0/s1. The van der Waals surface area contributed by atoms with E-state index in [1.165, 1.54) is 11.1 Å². The fourth-order valence-corrected chi connectivity index (χ4v) is 4.35. The lowest BCUT2D eigenvalue weighted by molar-refractivity contribution is 0.371. The van der Waals surface area contributed by atoms with Gasteiger partial charge in [-0.05, 0) is 26.2 Å². The van der Waals surface area contributed by atoms with Crippen molar-refractivity contribution >= 4 is 21.2 Å². The van der Waals surface area contributed by atoms with Crippen molar-refractivity contribution in [2.45, 2.75) is 50.4 Å². The Balaban J connectivity index is 1.86. The molecule has 0 unspecified atom stereocenters. The average Bonchev–Trinajstić information content (AvgIpc) is 2.72. The Kier molecular flexibility index (Phi) is 4.40. The monoisotopic (exact) mass is 288 g/mol. The summed E-state index contributed by atoms with van der Waals surface area (Å²) in [6.45, 7) is 2.79. The highest BCUT2D eigenvalue weighted by molar-refractivity contribution is 7.91. The highest BCUT2D eigenvalue weighted by Gasteiger charge is 2.28. The van der Waals surface area contributed by atoms with Gasteiger partial charge < -0.3 is 5.32 Å². The van der Waals surface area contributed by atoms with Crippen LogP contribution < -0.4 is 5.32 Å². The van der Waals surface area contributed by atoms with Gasteiger partial charge in [0.05, 0.1) is 5.25 Å². The summed E-state index contributed by atoms with van der Waals surface area (Å²) >= 11 is 1.69. The Morgan fingerprint density at radius 1 is 1.50 bits per heavy atom. The van der Waals surface area contributed by atoms with Crippen LogP contribution in [0.5, 0.6) is 0 Å². The fraction of sp³-hybridized carbons (Fsp3) is 0.750. The molecule has 0 amide bonds. The third-order valence-electron chi connectivity index (χ3n) is 3.44. The van der Waals surface area contributed by atoms with E-state index in [9.17, 15) is 8.42 Å². The molecule has 0 aromatic carbocycles. The van der Waals surface area contributed by atoms with Crippen LogP contribution >= 0.6 is 11.3 Å². The zero-order valence-electron chi connectivity index (χ0n) is 10.8. The van der Waals surface area contributed by atoms with Crippen molar-refractivity contribution in [3.63, 3.8) is 0 Å². The van der Waals surface area contributed by atoms with Crippen molar-refractivity contribution in [2.75, 3.05) is 6.26 Å². The lowest BCUT2D eigenvalue weighted by atomic mass is 9.95. The summed E-state index contributed by atoms with van der Waals surface area (Å²) in [6.07, 6.45) is 6.84. The number of hydrogen-bond acceptors (Lipinski definition) is 5. The maximum Gasteiger partial charge on any atom is 0.150 e. The first kappa shape index (κ1) is 14.0. The van der Waals surface area contributed by atoms with Gasteiger partial charge >= 0.3 is 0 Å². The van der Waals surface area contributed by atoms with Crippen LogP contribution in [0.3, 0.4) is 0 Å². The molecule has 1 aliphatic rings. The molecule has 2 atom stereocenters. The minimum atomic E-state index is -2.89. The topological polar surface area (TPSA) is 59.1 Å². The first-order valence-electron chi connectivity index (χ1n) is 6.28. The molecule has 1 saturated carbocycles. The zero-order valence-corrected chi connectivity index (χ0v) is 12.5. The van der Waals surface area contributed by atoms with Crippen molar-refractivity contribution in [1.82, 2.24) is 10.3 Å². The largest absolute Gasteiger partial charge is 0.308 e. The molecule has 0 aliphatic heterocycles. The Hall–Kier alpha value is -0.460. The third-order valence-corrected chi connectivity index (χ3v) is 5.99. The molecule has 1 aromatic heterocycles. The number of aromatic nitrogens is 1. The van der Waals surface area contributed by atoms with E-state index >= 15 is 0 Å². The van der Waals surface area contributed by atoms with Gasteiger partial charge in [0.2, 0.25) is 0 Å². The van der Waals surface area contributed by atoms with E-state index in [0.29, 0.717) is 6.04 Å². The van der Waals surface area contributed by atoms with Crippen molar-refractivity contribution < 1.29 is 8.42 Å². The molecular formula is C12H20N2O2S2. The average molecular weight is 288 g/mol. The quantitative estimate of drug-likeness (QED) is 0.919. The molecule has 102 valence electrons. The molecular weight excluding hydrogens is 268 g/mol. The van der Waals surface area contributed by atoms with Gasteiger partial charge in [-0.3, -0.25) is 0 Å². The molecule has 0 radical (unpaired) electrons. The number of thiazole rings is 1. The summed E-state index contributed by atoms with van der Waals surface area (Å²) < 4.78 is 23.1. The SMILES string of the molecule is Cc1cnc(CN[C@H]2CCC[C@H](S(C)(=O)=O)C2)s1. The number of aryl methyl sites for hydroxylation is 1. The highest BCUT2D eigenvalue weighted by Crippen LogP contribution is 2.24. The molecule has 0 bridgehead atoms. The van der Waals surface area contributed by atoms with E-state index in [2.05, 4.69) is 10.3 Å². The van der Waals surface area contributed by atoms with Crippen LogP contribution in [-0.2, 0) is 16.4 Å². The van der Waals surface area contributed by atoms with Gasteiger partial charge in [-0.2, -0.15) is 0 Å². The van der Waals surface area contributed by atoms with Crippen molar-refractivity contribution in [1.29, 1.82) is 0 Å². The second kappa shape index (κ2) is 5.67. The molecule has 4 nitrogen and oxygen atoms in total. The molecule has 0 saturated heterocycles. The Morgan fingerprint density at radius 2 is 2.28 bits per heavy atom. The predicted octanol–water partition coefficient (Wildman–Crippen LogP) is 1.90. The van der Waals surface area contributed by atoms with Gasteiger partial charge in [-0.1, -0.05) is 6.42 Å². The predicted molar refractivity (Wildman–Crippen MR) is 74.6 cm³/mol. The zero-order chi connectivity index (χ0) is 13.2. The molecule has 18 heavy (non-hydrogen) atoms. The second-order valence-electron chi connectivity index (χ2n) is 5.06. The number of rotatable bonds is 4. The number of nitrogens with zero attached hydrogens (tertiary/aromatic N) is 1. The molecule has 0 spiro atoms. The number of hydrogen-bond donors (Lipinski definition) is 1. The van der Waals surface area contributed by atoms with Gasteiger partial charge in [0.1, 0.15) is 14.8 Å². The van der Waals surface area contributed by atoms with Crippen LogP contribution in [0.4, 0.5) is 0 Å².